The molecule has 1 aliphatic rings. The van der Waals surface area contributed by atoms with Crippen LogP contribution in [0.1, 0.15) is 11.1 Å². The third-order valence-electron chi connectivity index (χ3n) is 4.24. The van der Waals surface area contributed by atoms with E-state index >= 15 is 0 Å². The van der Waals surface area contributed by atoms with Crippen LogP contribution in [0.25, 0.3) is 10.9 Å². The van der Waals surface area contributed by atoms with Gasteiger partial charge in [0.15, 0.2) is 0 Å². The van der Waals surface area contributed by atoms with Crippen molar-refractivity contribution in [3.63, 3.8) is 0 Å². The van der Waals surface area contributed by atoms with Gasteiger partial charge in [0.25, 0.3) is 10.0 Å². The van der Waals surface area contributed by atoms with Crippen molar-refractivity contribution in [3.05, 3.63) is 64.3 Å². The molecule has 0 atom stereocenters. The van der Waals surface area contributed by atoms with Crippen LogP contribution in [0.2, 0.25) is 0 Å². The Hall–Kier alpha value is -1.63. The van der Waals surface area contributed by atoms with Crippen molar-refractivity contribution < 1.29 is 8.42 Å². The molecule has 1 aliphatic heterocycles. The van der Waals surface area contributed by atoms with Gasteiger partial charge < -0.3 is 5.32 Å². The lowest BCUT2D eigenvalue weighted by Crippen LogP contribution is -2.24. The Morgan fingerprint density at radius 1 is 1.04 bits per heavy atom. The second-order valence-electron chi connectivity index (χ2n) is 5.68. The van der Waals surface area contributed by atoms with E-state index in [1.165, 1.54) is 9.54 Å². The van der Waals surface area contributed by atoms with Crippen LogP contribution in [0.15, 0.2) is 58.0 Å². The highest BCUT2D eigenvalue weighted by molar-refractivity contribution is 9.10. The standard InChI is InChI=1S/C17H15BrN2O2S/c18-15-2-4-17-13(9-15)6-8-20(17)23(21,22)16-3-1-12-5-7-19-11-14(12)10-16/h1-4,6,8-10,19H,5,7,11H2. The summed E-state index contributed by atoms with van der Waals surface area (Å²) in [7, 11) is -3.59. The smallest absolute Gasteiger partial charge is 0.268 e. The van der Waals surface area contributed by atoms with E-state index in [0.29, 0.717) is 10.4 Å². The van der Waals surface area contributed by atoms with Crippen molar-refractivity contribution in [2.45, 2.75) is 17.9 Å². The van der Waals surface area contributed by atoms with E-state index in [1.807, 2.05) is 30.3 Å². The van der Waals surface area contributed by atoms with Gasteiger partial charge in [-0.2, -0.15) is 0 Å². The monoisotopic (exact) mass is 390 g/mol. The maximum Gasteiger partial charge on any atom is 0.268 e. The molecule has 0 unspecified atom stereocenters. The fourth-order valence-electron chi connectivity index (χ4n) is 3.03. The minimum atomic E-state index is -3.59. The molecule has 4 rings (SSSR count). The predicted octanol–water partition coefficient (Wildman–Crippen LogP) is 3.29. The Balaban J connectivity index is 1.86. The average molecular weight is 391 g/mol. The highest BCUT2D eigenvalue weighted by Gasteiger charge is 2.21. The summed E-state index contributed by atoms with van der Waals surface area (Å²) in [5.41, 5.74) is 2.98. The van der Waals surface area contributed by atoms with Gasteiger partial charge in [0.1, 0.15) is 0 Å². The number of fused-ring (bicyclic) bond motifs is 2. The summed E-state index contributed by atoms with van der Waals surface area (Å²) in [6, 6.07) is 12.8. The van der Waals surface area contributed by atoms with Gasteiger partial charge in [-0.15, -0.1) is 0 Å². The molecular formula is C17H15BrN2O2S. The molecule has 0 saturated carbocycles. The summed E-state index contributed by atoms with van der Waals surface area (Å²) in [4.78, 5) is 0.334. The van der Waals surface area contributed by atoms with Gasteiger partial charge in [-0.1, -0.05) is 22.0 Å². The van der Waals surface area contributed by atoms with E-state index in [9.17, 15) is 8.42 Å². The van der Waals surface area contributed by atoms with Crippen LogP contribution >= 0.6 is 15.9 Å². The number of aromatic nitrogens is 1. The Morgan fingerprint density at radius 3 is 2.78 bits per heavy atom. The quantitative estimate of drug-likeness (QED) is 0.730. The van der Waals surface area contributed by atoms with Crippen LogP contribution in [-0.2, 0) is 23.0 Å². The zero-order valence-corrected chi connectivity index (χ0v) is 14.7. The van der Waals surface area contributed by atoms with Crippen LogP contribution in [0.3, 0.4) is 0 Å². The molecule has 2 aromatic carbocycles. The second-order valence-corrected chi connectivity index (χ2v) is 8.41. The fourth-order valence-corrected chi connectivity index (χ4v) is 4.81. The number of nitrogens with one attached hydrogen (secondary N) is 1. The molecule has 6 heteroatoms. The van der Waals surface area contributed by atoms with E-state index in [2.05, 4.69) is 21.2 Å². The fraction of sp³-hybridized carbons (Fsp3) is 0.176. The molecule has 3 aromatic rings. The lowest BCUT2D eigenvalue weighted by atomic mass is 10.0. The minimum Gasteiger partial charge on any atom is -0.312 e. The van der Waals surface area contributed by atoms with Crippen molar-refractivity contribution in [1.29, 1.82) is 0 Å². The van der Waals surface area contributed by atoms with Crippen LogP contribution in [0.5, 0.6) is 0 Å². The summed E-state index contributed by atoms with van der Waals surface area (Å²) in [6.45, 7) is 1.66. The SMILES string of the molecule is O=S(=O)(c1ccc2c(c1)CNCC2)n1ccc2cc(Br)ccc21. The zero-order valence-electron chi connectivity index (χ0n) is 12.3. The van der Waals surface area contributed by atoms with Crippen molar-refractivity contribution in [2.24, 2.45) is 0 Å². The lowest BCUT2D eigenvalue weighted by Gasteiger charge is -2.18. The van der Waals surface area contributed by atoms with Crippen LogP contribution in [0.4, 0.5) is 0 Å². The summed E-state index contributed by atoms with van der Waals surface area (Å²) >= 11 is 3.41. The molecule has 4 nitrogen and oxygen atoms in total. The average Bonchev–Trinajstić information content (AvgIpc) is 2.98. The van der Waals surface area contributed by atoms with Crippen molar-refractivity contribution in [2.75, 3.05) is 6.54 Å². The first-order chi connectivity index (χ1) is 11.1. The molecule has 0 saturated heterocycles. The lowest BCUT2D eigenvalue weighted by molar-refractivity contribution is 0.588. The number of benzene rings is 2. The van der Waals surface area contributed by atoms with Gasteiger partial charge in [-0.05, 0) is 60.5 Å². The van der Waals surface area contributed by atoms with Gasteiger partial charge in [0.05, 0.1) is 10.4 Å². The molecule has 1 N–H and O–H groups in total. The Kier molecular flexibility index (Phi) is 3.55. The molecule has 0 radical (unpaired) electrons. The van der Waals surface area contributed by atoms with Gasteiger partial charge >= 0.3 is 0 Å². The first-order valence-corrected chi connectivity index (χ1v) is 9.64. The maximum atomic E-state index is 13.0. The van der Waals surface area contributed by atoms with Gasteiger partial charge in [0, 0.05) is 22.6 Å². The summed E-state index contributed by atoms with van der Waals surface area (Å²) < 4.78 is 28.3. The molecule has 23 heavy (non-hydrogen) atoms. The summed E-state index contributed by atoms with van der Waals surface area (Å²) in [6.07, 6.45) is 2.56. The Morgan fingerprint density at radius 2 is 1.91 bits per heavy atom. The van der Waals surface area contributed by atoms with E-state index in [0.717, 1.165) is 34.9 Å². The second kappa shape index (κ2) is 5.47. The summed E-state index contributed by atoms with van der Waals surface area (Å²) in [5.74, 6) is 0. The Bertz CT molecular complexity index is 1010. The first-order valence-electron chi connectivity index (χ1n) is 7.40. The highest BCUT2D eigenvalue weighted by atomic mass is 79.9. The summed E-state index contributed by atoms with van der Waals surface area (Å²) in [5, 5.41) is 4.17. The molecule has 0 fully saturated rings. The number of rotatable bonds is 2. The van der Waals surface area contributed by atoms with E-state index in [4.69, 9.17) is 0 Å². The molecule has 0 spiro atoms. The minimum absolute atomic E-state index is 0.334. The number of halogens is 1. The number of hydrogen-bond donors (Lipinski definition) is 1. The van der Waals surface area contributed by atoms with Crippen molar-refractivity contribution >= 4 is 36.9 Å². The largest absolute Gasteiger partial charge is 0.312 e. The molecule has 0 amide bonds. The maximum absolute atomic E-state index is 13.0. The van der Waals surface area contributed by atoms with E-state index in [-0.39, 0.29) is 0 Å². The normalized spacial score (nSPS) is 14.8. The van der Waals surface area contributed by atoms with Gasteiger partial charge in [-0.3, -0.25) is 0 Å². The number of nitrogens with zero attached hydrogens (tertiary/aromatic N) is 1. The van der Waals surface area contributed by atoms with E-state index in [1.54, 1.807) is 18.3 Å². The first kappa shape index (κ1) is 14.9. The molecule has 0 aliphatic carbocycles. The predicted molar refractivity (Wildman–Crippen MR) is 94.1 cm³/mol. The van der Waals surface area contributed by atoms with Crippen molar-refractivity contribution in [3.8, 4) is 0 Å². The molecule has 118 valence electrons. The zero-order chi connectivity index (χ0) is 16.0. The van der Waals surface area contributed by atoms with Gasteiger partial charge in [0.2, 0.25) is 0 Å². The van der Waals surface area contributed by atoms with Crippen LogP contribution < -0.4 is 5.32 Å². The highest BCUT2D eigenvalue weighted by Crippen LogP contribution is 2.26. The molecule has 2 heterocycles. The van der Waals surface area contributed by atoms with Crippen LogP contribution in [0, 0.1) is 0 Å². The third kappa shape index (κ3) is 2.51. The topological polar surface area (TPSA) is 51.1 Å². The molecular weight excluding hydrogens is 376 g/mol. The third-order valence-corrected chi connectivity index (χ3v) is 6.42. The van der Waals surface area contributed by atoms with Crippen LogP contribution in [-0.4, -0.2) is 18.9 Å². The van der Waals surface area contributed by atoms with E-state index < -0.39 is 10.0 Å². The molecule has 1 aromatic heterocycles. The van der Waals surface area contributed by atoms with Gasteiger partial charge in [-0.25, -0.2) is 12.4 Å². The van der Waals surface area contributed by atoms with Crippen molar-refractivity contribution in [1.82, 2.24) is 9.29 Å². The molecule has 0 bridgehead atoms. The number of hydrogen-bond acceptors (Lipinski definition) is 3. The Labute approximate surface area is 143 Å².